The molecule has 1 aliphatic heterocycles. The molecule has 0 aliphatic carbocycles. The quantitative estimate of drug-likeness (QED) is 0.390. The van der Waals surface area contributed by atoms with E-state index in [1.807, 2.05) is 36.4 Å². The molecule has 1 aliphatic rings. The van der Waals surface area contributed by atoms with Crippen molar-refractivity contribution in [3.05, 3.63) is 107 Å². The lowest BCUT2D eigenvalue weighted by molar-refractivity contribution is -0.148. The Balaban J connectivity index is 1.31. The van der Waals surface area contributed by atoms with E-state index in [0.717, 1.165) is 36.1 Å². The predicted molar refractivity (Wildman–Crippen MR) is 137 cm³/mol. The summed E-state index contributed by atoms with van der Waals surface area (Å²) in [5, 5.41) is 10.9. The molecule has 0 spiro atoms. The van der Waals surface area contributed by atoms with Crippen LogP contribution in [0.3, 0.4) is 0 Å². The van der Waals surface area contributed by atoms with Gasteiger partial charge in [0.2, 0.25) is 0 Å². The number of hydrogen-bond acceptors (Lipinski definition) is 5. The Bertz CT molecular complexity index is 1040. The van der Waals surface area contributed by atoms with Gasteiger partial charge >= 0.3 is 5.97 Å². The van der Waals surface area contributed by atoms with Gasteiger partial charge in [-0.15, -0.1) is 0 Å². The van der Waals surface area contributed by atoms with Crippen molar-refractivity contribution in [2.75, 3.05) is 26.2 Å². The Kier molecular flexibility index (Phi) is 9.23. The van der Waals surface area contributed by atoms with Crippen molar-refractivity contribution in [1.29, 1.82) is 0 Å². The number of ether oxygens (including phenoxy) is 2. The van der Waals surface area contributed by atoms with Gasteiger partial charge in [-0.3, -0.25) is 9.69 Å². The van der Waals surface area contributed by atoms with Gasteiger partial charge in [-0.1, -0.05) is 72.8 Å². The van der Waals surface area contributed by atoms with Crippen molar-refractivity contribution in [1.82, 2.24) is 4.90 Å². The molecule has 190 valence electrons. The Morgan fingerprint density at radius 3 is 2.14 bits per heavy atom. The zero-order chi connectivity index (χ0) is 25.3. The minimum absolute atomic E-state index is 0.131. The van der Waals surface area contributed by atoms with Gasteiger partial charge in [-0.05, 0) is 54.1 Å². The molecule has 3 atom stereocenters. The van der Waals surface area contributed by atoms with E-state index in [0.29, 0.717) is 19.7 Å². The molecule has 0 bridgehead atoms. The predicted octanol–water partition coefficient (Wildman–Crippen LogP) is 5.31. The first-order chi connectivity index (χ1) is 17.5. The SMILES string of the molecule is CC(=O)O[C@@H](CN1CCC(CCOC(c2ccccc2)c2ccccc2)C(O)C1)c1ccc(F)cc1. The summed E-state index contributed by atoms with van der Waals surface area (Å²) in [5.41, 5.74) is 2.96. The number of aliphatic hydroxyl groups is 1. The van der Waals surface area contributed by atoms with Crippen LogP contribution >= 0.6 is 0 Å². The number of halogens is 1. The molecule has 1 fully saturated rings. The van der Waals surface area contributed by atoms with Crippen molar-refractivity contribution in [3.8, 4) is 0 Å². The maximum absolute atomic E-state index is 13.3. The van der Waals surface area contributed by atoms with Crippen LogP contribution < -0.4 is 0 Å². The minimum Gasteiger partial charge on any atom is -0.456 e. The summed E-state index contributed by atoms with van der Waals surface area (Å²) in [6.07, 6.45) is 0.427. The van der Waals surface area contributed by atoms with Gasteiger partial charge in [0.05, 0.1) is 6.10 Å². The molecule has 1 saturated heterocycles. The summed E-state index contributed by atoms with van der Waals surface area (Å²) < 4.78 is 25.2. The van der Waals surface area contributed by atoms with Crippen LogP contribution in [0.1, 0.15) is 48.7 Å². The van der Waals surface area contributed by atoms with E-state index in [2.05, 4.69) is 29.2 Å². The summed E-state index contributed by atoms with van der Waals surface area (Å²) in [5.74, 6) is -0.588. The maximum atomic E-state index is 13.3. The highest BCUT2D eigenvalue weighted by Crippen LogP contribution is 2.29. The van der Waals surface area contributed by atoms with Gasteiger partial charge in [0.1, 0.15) is 18.0 Å². The molecule has 3 aromatic carbocycles. The first kappa shape index (κ1) is 26.0. The molecule has 0 aromatic heterocycles. The average molecular weight is 492 g/mol. The topological polar surface area (TPSA) is 59.0 Å². The lowest BCUT2D eigenvalue weighted by Gasteiger charge is -2.37. The highest BCUT2D eigenvalue weighted by Gasteiger charge is 2.30. The fourth-order valence-electron chi connectivity index (χ4n) is 4.85. The number of benzene rings is 3. The number of carbonyl (C=O) groups is 1. The number of aliphatic hydroxyl groups excluding tert-OH is 1. The Morgan fingerprint density at radius 1 is 0.972 bits per heavy atom. The number of hydrogen-bond donors (Lipinski definition) is 1. The smallest absolute Gasteiger partial charge is 0.303 e. The summed E-state index contributed by atoms with van der Waals surface area (Å²) in [7, 11) is 0. The number of likely N-dealkylation sites (tertiary alicyclic amines) is 1. The van der Waals surface area contributed by atoms with E-state index in [1.54, 1.807) is 12.1 Å². The molecule has 0 saturated carbocycles. The highest BCUT2D eigenvalue weighted by atomic mass is 19.1. The Hall–Kier alpha value is -3.06. The van der Waals surface area contributed by atoms with Gasteiger partial charge in [0, 0.05) is 26.6 Å². The minimum atomic E-state index is -0.507. The highest BCUT2D eigenvalue weighted by molar-refractivity contribution is 5.66. The molecule has 6 heteroatoms. The fourth-order valence-corrected chi connectivity index (χ4v) is 4.85. The monoisotopic (exact) mass is 491 g/mol. The standard InChI is InChI=1S/C30H34FNO4/c1-22(33)36-29(24-12-14-27(31)15-13-24)21-32-18-16-23(28(34)20-32)17-19-35-30(25-8-4-2-5-9-25)26-10-6-3-7-11-26/h2-15,23,28-30,34H,16-21H2,1H3/t23?,28?,29-/m0/s1. The van der Waals surface area contributed by atoms with E-state index in [9.17, 15) is 14.3 Å². The number of piperidine rings is 1. The molecule has 1 N–H and O–H groups in total. The molecule has 5 nitrogen and oxygen atoms in total. The van der Waals surface area contributed by atoms with Crippen molar-refractivity contribution in [2.24, 2.45) is 5.92 Å². The van der Waals surface area contributed by atoms with Crippen LogP contribution in [0.15, 0.2) is 84.9 Å². The number of β-amino-alcohol motifs (C(OH)–C–C–N with tert-alkyl or cyclic N) is 1. The van der Waals surface area contributed by atoms with E-state index in [4.69, 9.17) is 9.47 Å². The molecule has 0 amide bonds. The second-order valence-electron chi connectivity index (χ2n) is 9.39. The zero-order valence-electron chi connectivity index (χ0n) is 20.6. The van der Waals surface area contributed by atoms with Gasteiger partial charge < -0.3 is 14.6 Å². The van der Waals surface area contributed by atoms with Gasteiger partial charge in [0.25, 0.3) is 0 Å². The average Bonchev–Trinajstić information content (AvgIpc) is 2.88. The zero-order valence-corrected chi connectivity index (χ0v) is 20.6. The van der Waals surface area contributed by atoms with Crippen LogP contribution in [0.25, 0.3) is 0 Å². The van der Waals surface area contributed by atoms with Crippen LogP contribution in [0.4, 0.5) is 4.39 Å². The molecule has 3 aromatic rings. The first-order valence-corrected chi connectivity index (χ1v) is 12.5. The van der Waals surface area contributed by atoms with Crippen molar-refractivity contribution in [3.63, 3.8) is 0 Å². The lowest BCUT2D eigenvalue weighted by atomic mass is 9.90. The largest absolute Gasteiger partial charge is 0.456 e. The molecule has 36 heavy (non-hydrogen) atoms. The molecule has 4 rings (SSSR count). The normalized spacial score (nSPS) is 19.2. The third-order valence-corrected chi connectivity index (χ3v) is 6.76. The molecule has 1 heterocycles. The summed E-state index contributed by atoms with van der Waals surface area (Å²) >= 11 is 0. The number of esters is 1. The van der Waals surface area contributed by atoms with Crippen LogP contribution in [0.5, 0.6) is 0 Å². The van der Waals surface area contributed by atoms with Crippen molar-refractivity contribution >= 4 is 5.97 Å². The molecular weight excluding hydrogens is 457 g/mol. The van der Waals surface area contributed by atoms with Crippen LogP contribution in [0.2, 0.25) is 0 Å². The number of rotatable bonds is 10. The van der Waals surface area contributed by atoms with Crippen molar-refractivity contribution < 1.29 is 23.8 Å². The van der Waals surface area contributed by atoms with Gasteiger partial charge in [-0.25, -0.2) is 4.39 Å². The van der Waals surface area contributed by atoms with E-state index in [-0.39, 0.29) is 23.8 Å². The van der Waals surface area contributed by atoms with Gasteiger partial charge in [0.15, 0.2) is 0 Å². The molecule has 0 radical (unpaired) electrons. The third-order valence-electron chi connectivity index (χ3n) is 6.76. The Morgan fingerprint density at radius 2 is 1.58 bits per heavy atom. The molecule has 2 unspecified atom stereocenters. The molecular formula is C30H34FNO4. The van der Waals surface area contributed by atoms with E-state index < -0.39 is 12.2 Å². The maximum Gasteiger partial charge on any atom is 0.303 e. The van der Waals surface area contributed by atoms with Crippen LogP contribution in [-0.4, -0.2) is 48.3 Å². The van der Waals surface area contributed by atoms with Crippen LogP contribution in [-0.2, 0) is 14.3 Å². The number of carbonyl (C=O) groups excluding carboxylic acids is 1. The second-order valence-corrected chi connectivity index (χ2v) is 9.39. The van der Waals surface area contributed by atoms with Crippen molar-refractivity contribution in [2.45, 2.75) is 38.1 Å². The van der Waals surface area contributed by atoms with E-state index in [1.165, 1.54) is 19.1 Å². The van der Waals surface area contributed by atoms with Crippen LogP contribution in [0, 0.1) is 11.7 Å². The summed E-state index contributed by atoms with van der Waals surface area (Å²) in [4.78, 5) is 13.8. The Labute approximate surface area is 212 Å². The van der Waals surface area contributed by atoms with Gasteiger partial charge in [-0.2, -0.15) is 0 Å². The summed E-state index contributed by atoms with van der Waals surface area (Å²) in [6, 6.07) is 26.4. The number of nitrogens with zero attached hydrogens (tertiary/aromatic N) is 1. The second kappa shape index (κ2) is 12.8. The lowest BCUT2D eigenvalue weighted by Crippen LogP contribution is -2.45. The first-order valence-electron chi connectivity index (χ1n) is 12.5. The van der Waals surface area contributed by atoms with E-state index >= 15 is 0 Å². The third kappa shape index (κ3) is 7.23. The fraction of sp³-hybridized carbons (Fsp3) is 0.367. The summed E-state index contributed by atoms with van der Waals surface area (Å²) in [6.45, 7) is 3.64.